The molecule has 1 rings (SSSR count). The zero-order valence-corrected chi connectivity index (χ0v) is 6.18. The first kappa shape index (κ1) is 8.79. The van der Waals surface area contributed by atoms with Gasteiger partial charge in [-0.15, -0.1) is 0 Å². The van der Waals surface area contributed by atoms with Crippen molar-refractivity contribution in [3.05, 3.63) is 33.1 Å². The van der Waals surface area contributed by atoms with Gasteiger partial charge in [0.1, 0.15) is 0 Å². The van der Waals surface area contributed by atoms with E-state index in [9.17, 15) is 18.9 Å². The van der Waals surface area contributed by atoms with Gasteiger partial charge in [-0.25, -0.2) is 4.39 Å². The number of hydrogen-bond acceptors (Lipinski definition) is 3. The number of nitro groups is 1. The Balaban J connectivity index is 3.33. The molecule has 0 spiro atoms. The van der Waals surface area contributed by atoms with Crippen LogP contribution in [0.4, 0.5) is 14.5 Å². The van der Waals surface area contributed by atoms with E-state index in [0.29, 0.717) is 6.07 Å². The SMILES string of the molecule is O=[N+]([O-])c1cc(F)c(Cl)nc1F. The quantitative estimate of drug-likeness (QED) is 0.390. The minimum atomic E-state index is -1.40. The van der Waals surface area contributed by atoms with E-state index in [-0.39, 0.29) is 0 Å². The van der Waals surface area contributed by atoms with E-state index in [0.717, 1.165) is 0 Å². The van der Waals surface area contributed by atoms with Crippen LogP contribution in [0.15, 0.2) is 6.07 Å². The minimum Gasteiger partial charge on any atom is -0.258 e. The average molecular weight is 195 g/mol. The van der Waals surface area contributed by atoms with E-state index < -0.39 is 27.5 Å². The Bertz CT molecular complexity index is 344. The third kappa shape index (κ3) is 1.48. The lowest BCUT2D eigenvalue weighted by molar-refractivity contribution is -0.388. The number of hydrogen-bond donors (Lipinski definition) is 0. The molecule has 0 saturated carbocycles. The zero-order chi connectivity index (χ0) is 9.30. The molecule has 12 heavy (non-hydrogen) atoms. The molecular formula is C5HClF2N2O2. The maximum Gasteiger partial charge on any atom is 0.327 e. The number of aromatic nitrogens is 1. The molecule has 0 unspecified atom stereocenters. The molecule has 0 fully saturated rings. The Morgan fingerprint density at radius 1 is 1.58 bits per heavy atom. The highest BCUT2D eigenvalue weighted by Gasteiger charge is 2.18. The maximum atomic E-state index is 12.5. The van der Waals surface area contributed by atoms with Gasteiger partial charge in [0.15, 0.2) is 11.0 Å². The first-order valence-electron chi connectivity index (χ1n) is 2.68. The standard InChI is InChI=1S/C5HClF2N2O2/c6-4-2(7)1-3(10(11)12)5(8)9-4/h1H. The second-order valence-electron chi connectivity index (χ2n) is 1.83. The molecule has 0 aliphatic rings. The summed E-state index contributed by atoms with van der Waals surface area (Å²) in [6, 6.07) is 0.380. The molecule has 0 bridgehead atoms. The summed E-state index contributed by atoms with van der Waals surface area (Å²) in [7, 11) is 0. The summed E-state index contributed by atoms with van der Waals surface area (Å²) in [5.74, 6) is -2.52. The van der Waals surface area contributed by atoms with E-state index in [1.807, 2.05) is 0 Å². The molecule has 4 nitrogen and oxygen atoms in total. The number of rotatable bonds is 1. The number of halogens is 3. The van der Waals surface area contributed by atoms with E-state index in [2.05, 4.69) is 4.98 Å². The molecule has 0 aromatic carbocycles. The molecular weight excluding hydrogens is 194 g/mol. The lowest BCUT2D eigenvalue weighted by atomic mass is 10.4. The van der Waals surface area contributed by atoms with E-state index >= 15 is 0 Å². The molecule has 0 atom stereocenters. The monoisotopic (exact) mass is 194 g/mol. The molecule has 64 valence electrons. The van der Waals surface area contributed by atoms with Crippen LogP contribution < -0.4 is 0 Å². The van der Waals surface area contributed by atoms with Gasteiger partial charge in [0.25, 0.3) is 5.95 Å². The molecule has 0 saturated heterocycles. The van der Waals surface area contributed by atoms with Crippen LogP contribution in [-0.2, 0) is 0 Å². The summed E-state index contributed by atoms with van der Waals surface area (Å²) in [5, 5.41) is 9.28. The van der Waals surface area contributed by atoms with Gasteiger partial charge in [0, 0.05) is 0 Å². The van der Waals surface area contributed by atoms with E-state index in [4.69, 9.17) is 11.6 Å². The van der Waals surface area contributed by atoms with Crippen molar-refractivity contribution >= 4 is 17.3 Å². The van der Waals surface area contributed by atoms with Crippen molar-refractivity contribution in [3.63, 3.8) is 0 Å². The average Bonchev–Trinajstić information content (AvgIpc) is 1.96. The van der Waals surface area contributed by atoms with Crippen molar-refractivity contribution < 1.29 is 13.7 Å². The van der Waals surface area contributed by atoms with Gasteiger partial charge in [0.05, 0.1) is 11.0 Å². The van der Waals surface area contributed by atoms with Crippen molar-refractivity contribution in [1.82, 2.24) is 4.98 Å². The molecule has 0 aliphatic heterocycles. The molecule has 0 radical (unpaired) electrons. The Morgan fingerprint density at radius 2 is 2.17 bits per heavy atom. The largest absolute Gasteiger partial charge is 0.327 e. The van der Waals surface area contributed by atoms with Crippen LogP contribution in [0.1, 0.15) is 0 Å². The highest BCUT2D eigenvalue weighted by atomic mass is 35.5. The Hall–Kier alpha value is -1.30. The minimum absolute atomic E-state index is 0.380. The molecule has 1 aromatic rings. The Morgan fingerprint density at radius 3 is 2.67 bits per heavy atom. The van der Waals surface area contributed by atoms with Gasteiger partial charge in [-0.2, -0.15) is 9.37 Å². The maximum absolute atomic E-state index is 12.5. The van der Waals surface area contributed by atoms with Gasteiger partial charge in [-0.3, -0.25) is 10.1 Å². The van der Waals surface area contributed by atoms with Crippen molar-refractivity contribution in [2.75, 3.05) is 0 Å². The zero-order valence-electron chi connectivity index (χ0n) is 5.42. The Labute approximate surface area is 69.9 Å². The van der Waals surface area contributed by atoms with E-state index in [1.54, 1.807) is 0 Å². The van der Waals surface area contributed by atoms with Crippen LogP contribution in [0.25, 0.3) is 0 Å². The highest BCUT2D eigenvalue weighted by molar-refractivity contribution is 6.29. The first-order valence-corrected chi connectivity index (χ1v) is 3.06. The number of nitrogens with zero attached hydrogens (tertiary/aromatic N) is 2. The predicted molar refractivity (Wildman–Crippen MR) is 35.8 cm³/mol. The van der Waals surface area contributed by atoms with Crippen LogP contribution >= 0.6 is 11.6 Å². The van der Waals surface area contributed by atoms with Gasteiger partial charge in [-0.05, 0) is 0 Å². The lowest BCUT2D eigenvalue weighted by Gasteiger charge is -1.94. The second kappa shape index (κ2) is 2.98. The topological polar surface area (TPSA) is 56.0 Å². The predicted octanol–water partition coefficient (Wildman–Crippen LogP) is 1.92. The normalized spacial score (nSPS) is 9.92. The van der Waals surface area contributed by atoms with Crippen LogP contribution in [0, 0.1) is 21.9 Å². The van der Waals surface area contributed by atoms with Crippen molar-refractivity contribution in [2.24, 2.45) is 0 Å². The molecule has 0 N–H and O–H groups in total. The van der Waals surface area contributed by atoms with Crippen LogP contribution in [-0.4, -0.2) is 9.91 Å². The fraction of sp³-hybridized carbons (Fsp3) is 0. The van der Waals surface area contributed by atoms with Gasteiger partial charge in [0.2, 0.25) is 0 Å². The fourth-order valence-electron chi connectivity index (χ4n) is 0.564. The van der Waals surface area contributed by atoms with Crippen molar-refractivity contribution in [3.8, 4) is 0 Å². The Kier molecular flexibility index (Phi) is 2.18. The summed E-state index contributed by atoms with van der Waals surface area (Å²) in [5.41, 5.74) is -1.03. The molecule has 0 aliphatic carbocycles. The molecule has 1 heterocycles. The van der Waals surface area contributed by atoms with Crippen molar-refractivity contribution in [1.29, 1.82) is 0 Å². The van der Waals surface area contributed by atoms with Crippen LogP contribution in [0.2, 0.25) is 5.15 Å². The third-order valence-electron chi connectivity index (χ3n) is 1.06. The highest BCUT2D eigenvalue weighted by Crippen LogP contribution is 2.20. The van der Waals surface area contributed by atoms with Gasteiger partial charge >= 0.3 is 5.69 Å². The molecule has 1 aromatic heterocycles. The summed E-state index contributed by atoms with van der Waals surface area (Å²) in [4.78, 5) is 11.7. The second-order valence-corrected chi connectivity index (χ2v) is 2.19. The summed E-state index contributed by atoms with van der Waals surface area (Å²) < 4.78 is 24.9. The van der Waals surface area contributed by atoms with Gasteiger partial charge < -0.3 is 0 Å². The smallest absolute Gasteiger partial charge is 0.258 e. The van der Waals surface area contributed by atoms with E-state index in [1.165, 1.54) is 0 Å². The number of pyridine rings is 1. The molecule has 0 amide bonds. The summed E-state index contributed by atoms with van der Waals surface area (Å²) in [6.45, 7) is 0. The van der Waals surface area contributed by atoms with Gasteiger partial charge in [-0.1, -0.05) is 11.6 Å². The fourth-order valence-corrected chi connectivity index (χ4v) is 0.693. The van der Waals surface area contributed by atoms with Crippen molar-refractivity contribution in [2.45, 2.75) is 0 Å². The van der Waals surface area contributed by atoms with Crippen LogP contribution in [0.5, 0.6) is 0 Å². The first-order chi connectivity index (χ1) is 5.52. The lowest BCUT2D eigenvalue weighted by Crippen LogP contribution is -1.97. The summed E-state index contributed by atoms with van der Waals surface area (Å²) >= 11 is 5.04. The third-order valence-corrected chi connectivity index (χ3v) is 1.33. The van der Waals surface area contributed by atoms with Crippen LogP contribution in [0.3, 0.4) is 0 Å². The summed E-state index contributed by atoms with van der Waals surface area (Å²) in [6.07, 6.45) is 0. The molecule has 7 heteroatoms.